The van der Waals surface area contributed by atoms with Crippen LogP contribution in [0.25, 0.3) is 42.6 Å². The first kappa shape index (κ1) is 19.5. The van der Waals surface area contributed by atoms with Crippen LogP contribution < -0.4 is 5.19 Å². The lowest BCUT2D eigenvalue weighted by Crippen LogP contribution is -2.37. The highest BCUT2D eigenvalue weighted by Gasteiger charge is 2.21. The number of aryl methyl sites for hydroxylation is 1. The van der Waals surface area contributed by atoms with E-state index in [0.717, 1.165) is 31.8 Å². The van der Waals surface area contributed by atoms with E-state index in [-0.39, 0.29) is 5.41 Å². The number of thiophene rings is 1. The third-order valence-corrected chi connectivity index (χ3v) is 9.89. The molecule has 0 unspecified atom stereocenters. The number of nitrogens with zero attached hydrogens (tertiary/aromatic N) is 1. The molecule has 0 atom stereocenters. The first-order chi connectivity index (χ1) is 17.2. The third-order valence-electron chi connectivity index (χ3n) is 6.56. The van der Waals surface area contributed by atoms with Gasteiger partial charge in [-0.1, -0.05) is 94.1 Å². The number of rotatable bonds is 3. The topological polar surface area (TPSA) is 12.9 Å². The Morgan fingerprint density at radius 3 is 2.26 bits per heavy atom. The summed E-state index contributed by atoms with van der Waals surface area (Å²) in [6.07, 6.45) is 1.75. The van der Waals surface area contributed by atoms with Crippen molar-refractivity contribution in [2.45, 2.75) is 52.7 Å². The molecular formula is C31H33NSSi. The SMILES string of the molecule is [2H]C([2H])([2H])c1c(-c2ccc([Si](C)(C)C)cc2)sc2c(-c3cc(C(C)(C)C)c4ccccc4c3)nccc12. The zero-order valence-corrected chi connectivity index (χ0v) is 22.6. The van der Waals surface area contributed by atoms with E-state index in [1.165, 1.54) is 21.5 Å². The van der Waals surface area contributed by atoms with Crippen LogP contribution in [0.1, 0.15) is 36.0 Å². The van der Waals surface area contributed by atoms with Gasteiger partial charge in [-0.3, -0.25) is 4.98 Å². The molecule has 0 aliphatic carbocycles. The molecule has 0 saturated carbocycles. The van der Waals surface area contributed by atoms with Crippen LogP contribution in [0, 0.1) is 6.85 Å². The summed E-state index contributed by atoms with van der Waals surface area (Å²) in [6.45, 7) is 11.4. The molecule has 0 fully saturated rings. The minimum Gasteiger partial charge on any atom is -0.255 e. The minimum atomic E-state index is -2.23. The number of hydrogen-bond acceptors (Lipinski definition) is 2. The molecule has 0 radical (unpaired) electrons. The molecule has 0 amide bonds. The molecule has 0 saturated heterocycles. The largest absolute Gasteiger partial charge is 0.255 e. The first-order valence-corrected chi connectivity index (χ1v) is 16.1. The Hall–Kier alpha value is -2.75. The molecule has 5 aromatic rings. The lowest BCUT2D eigenvalue weighted by Gasteiger charge is -2.22. The quantitative estimate of drug-likeness (QED) is 0.234. The Morgan fingerprint density at radius 2 is 1.59 bits per heavy atom. The van der Waals surface area contributed by atoms with Gasteiger partial charge in [-0.15, -0.1) is 11.3 Å². The van der Waals surface area contributed by atoms with E-state index in [2.05, 4.69) is 101 Å². The van der Waals surface area contributed by atoms with Crippen LogP contribution in [0.2, 0.25) is 19.6 Å². The van der Waals surface area contributed by atoms with Crippen LogP contribution in [0.5, 0.6) is 0 Å². The Balaban J connectivity index is 1.78. The molecule has 5 rings (SSSR count). The number of fused-ring (bicyclic) bond motifs is 2. The van der Waals surface area contributed by atoms with Crippen molar-refractivity contribution >= 4 is 45.5 Å². The molecule has 0 N–H and O–H groups in total. The van der Waals surface area contributed by atoms with Crippen molar-refractivity contribution in [1.82, 2.24) is 4.98 Å². The van der Waals surface area contributed by atoms with Crippen molar-refractivity contribution < 1.29 is 4.11 Å². The Labute approximate surface area is 212 Å². The summed E-state index contributed by atoms with van der Waals surface area (Å²) in [5, 5.41) is 4.53. The second-order valence-electron chi connectivity index (χ2n) is 11.2. The van der Waals surface area contributed by atoms with Gasteiger partial charge < -0.3 is 0 Å². The Morgan fingerprint density at radius 1 is 0.853 bits per heavy atom. The van der Waals surface area contributed by atoms with E-state index < -0.39 is 14.9 Å². The molecule has 2 aromatic heterocycles. The zero-order chi connectivity index (χ0) is 26.8. The predicted molar refractivity (Wildman–Crippen MR) is 154 cm³/mol. The van der Waals surface area contributed by atoms with Crippen molar-refractivity contribution in [2.24, 2.45) is 0 Å². The van der Waals surface area contributed by atoms with Gasteiger partial charge >= 0.3 is 0 Å². The summed E-state index contributed by atoms with van der Waals surface area (Å²) in [5.74, 6) is 0. The second kappa shape index (κ2) is 8.18. The summed E-state index contributed by atoms with van der Waals surface area (Å²) in [7, 11) is -1.45. The van der Waals surface area contributed by atoms with Gasteiger partial charge in [0.2, 0.25) is 0 Å². The summed E-state index contributed by atoms with van der Waals surface area (Å²) < 4.78 is 26.2. The predicted octanol–water partition coefficient (Wildman–Crippen LogP) is 8.93. The number of aromatic nitrogens is 1. The molecule has 3 aromatic carbocycles. The van der Waals surface area contributed by atoms with E-state index >= 15 is 0 Å². The molecule has 1 nitrogen and oxygen atoms in total. The molecule has 172 valence electrons. The molecule has 0 aliphatic heterocycles. The highest BCUT2D eigenvalue weighted by Crippen LogP contribution is 2.43. The van der Waals surface area contributed by atoms with Crippen LogP contribution in [0.15, 0.2) is 72.9 Å². The number of benzene rings is 3. The summed E-state index contributed by atoms with van der Waals surface area (Å²) in [4.78, 5) is 5.62. The fourth-order valence-electron chi connectivity index (χ4n) is 4.62. The first-order valence-electron chi connectivity index (χ1n) is 13.3. The van der Waals surface area contributed by atoms with Crippen LogP contribution in [-0.2, 0) is 5.41 Å². The smallest absolute Gasteiger partial charge is 0.0880 e. The van der Waals surface area contributed by atoms with Crippen molar-refractivity contribution in [1.29, 1.82) is 0 Å². The molecule has 0 bridgehead atoms. The lowest BCUT2D eigenvalue weighted by atomic mass is 9.82. The molecule has 2 heterocycles. The summed E-state index contributed by atoms with van der Waals surface area (Å²) in [5.41, 5.74) is 4.45. The maximum Gasteiger partial charge on any atom is 0.0880 e. The fraction of sp³-hybridized carbons (Fsp3) is 0.258. The van der Waals surface area contributed by atoms with E-state index in [9.17, 15) is 0 Å². The van der Waals surface area contributed by atoms with Gasteiger partial charge in [0, 0.05) is 20.7 Å². The van der Waals surface area contributed by atoms with Crippen LogP contribution in [0.3, 0.4) is 0 Å². The molecule has 3 heteroatoms. The van der Waals surface area contributed by atoms with Crippen LogP contribution >= 0.6 is 11.3 Å². The second-order valence-corrected chi connectivity index (χ2v) is 17.3. The van der Waals surface area contributed by atoms with E-state index in [1.807, 2.05) is 6.07 Å². The van der Waals surface area contributed by atoms with Gasteiger partial charge in [-0.2, -0.15) is 0 Å². The molecular weight excluding hydrogens is 447 g/mol. The van der Waals surface area contributed by atoms with Crippen molar-refractivity contribution in [3.8, 4) is 21.7 Å². The summed E-state index contributed by atoms with van der Waals surface area (Å²) >= 11 is 1.55. The summed E-state index contributed by atoms with van der Waals surface area (Å²) in [6, 6.07) is 23.3. The normalized spacial score (nSPS) is 14.2. The standard InChI is InChI=1S/C31H33NSSi/c1-20-25-16-17-32-28(23-18-22-10-8-9-11-26(22)27(19-23)31(2,3)4)30(25)33-29(20)21-12-14-24(15-13-21)34(5,6)7/h8-19H,1-7H3/i1D3. The third kappa shape index (κ3) is 4.01. The van der Waals surface area contributed by atoms with E-state index in [4.69, 9.17) is 9.10 Å². The van der Waals surface area contributed by atoms with Gasteiger partial charge in [0.05, 0.1) is 18.5 Å². The van der Waals surface area contributed by atoms with E-state index in [1.54, 1.807) is 17.5 Å². The van der Waals surface area contributed by atoms with Crippen LogP contribution in [-0.4, -0.2) is 13.1 Å². The average Bonchev–Trinajstić information content (AvgIpc) is 3.23. The fourth-order valence-corrected chi connectivity index (χ4v) is 7.01. The number of pyridine rings is 1. The van der Waals surface area contributed by atoms with Gasteiger partial charge in [-0.25, -0.2) is 0 Å². The Kier molecular flexibility index (Phi) is 4.70. The van der Waals surface area contributed by atoms with Gasteiger partial charge in [0.1, 0.15) is 0 Å². The van der Waals surface area contributed by atoms with Crippen LogP contribution in [0.4, 0.5) is 0 Å². The Bertz CT molecular complexity index is 1620. The average molecular weight is 483 g/mol. The highest BCUT2D eigenvalue weighted by atomic mass is 32.1. The number of hydrogen-bond donors (Lipinski definition) is 0. The van der Waals surface area contributed by atoms with E-state index in [0.29, 0.717) is 5.56 Å². The minimum absolute atomic E-state index is 0.0495. The highest BCUT2D eigenvalue weighted by molar-refractivity contribution is 7.23. The monoisotopic (exact) mass is 482 g/mol. The maximum absolute atomic E-state index is 8.43. The molecule has 0 spiro atoms. The maximum atomic E-state index is 8.43. The van der Waals surface area contributed by atoms with Gasteiger partial charge in [0.15, 0.2) is 0 Å². The lowest BCUT2D eigenvalue weighted by molar-refractivity contribution is 0.596. The van der Waals surface area contributed by atoms with Gasteiger partial charge in [0.25, 0.3) is 0 Å². The van der Waals surface area contributed by atoms with Crippen molar-refractivity contribution in [2.75, 3.05) is 0 Å². The molecule has 0 aliphatic rings. The molecule has 34 heavy (non-hydrogen) atoms. The van der Waals surface area contributed by atoms with Crippen molar-refractivity contribution in [3.63, 3.8) is 0 Å². The van der Waals surface area contributed by atoms with Gasteiger partial charge in [-0.05, 0) is 63.3 Å². The van der Waals surface area contributed by atoms with Crippen molar-refractivity contribution in [3.05, 3.63) is 84.1 Å². The zero-order valence-electron chi connectivity index (χ0n) is 23.8.